The lowest BCUT2D eigenvalue weighted by Gasteiger charge is -2.12. The van der Waals surface area contributed by atoms with Crippen LogP contribution in [-0.4, -0.2) is 25.0 Å². The van der Waals surface area contributed by atoms with Gasteiger partial charge in [0.1, 0.15) is 0 Å². The predicted molar refractivity (Wildman–Crippen MR) is 104 cm³/mol. The molecule has 0 unspecified atom stereocenters. The maximum Gasteiger partial charge on any atom is 0.243 e. The zero-order valence-electron chi connectivity index (χ0n) is 15.1. The number of rotatable bonds is 6. The second kappa shape index (κ2) is 9.47. The van der Waals surface area contributed by atoms with E-state index in [1.54, 1.807) is 0 Å². The Bertz CT molecular complexity index is 726. The maximum atomic E-state index is 12.0. The van der Waals surface area contributed by atoms with Gasteiger partial charge < -0.3 is 16.0 Å². The van der Waals surface area contributed by atoms with Crippen molar-refractivity contribution < 1.29 is 4.79 Å². The summed E-state index contributed by atoms with van der Waals surface area (Å²) in [5.74, 6) is 0.522. The van der Waals surface area contributed by atoms with Crippen molar-refractivity contribution in [3.8, 4) is 0 Å². The molecule has 0 bridgehead atoms. The molecular formula is C20H26N4O. The summed E-state index contributed by atoms with van der Waals surface area (Å²) in [6, 6.07) is 15.7. The number of nitrogens with one attached hydrogen (secondary N) is 3. The molecule has 0 fully saturated rings. The average molecular weight is 338 g/mol. The summed E-state index contributed by atoms with van der Waals surface area (Å²) in [5, 5.41) is 9.07. The van der Waals surface area contributed by atoms with E-state index < -0.39 is 0 Å². The molecular weight excluding hydrogens is 312 g/mol. The van der Waals surface area contributed by atoms with Crippen molar-refractivity contribution in [2.45, 2.75) is 27.3 Å². The molecule has 0 aliphatic carbocycles. The summed E-state index contributed by atoms with van der Waals surface area (Å²) >= 11 is 0. The fourth-order valence-electron chi connectivity index (χ4n) is 2.42. The van der Waals surface area contributed by atoms with Crippen molar-refractivity contribution in [1.82, 2.24) is 10.6 Å². The number of amides is 1. The van der Waals surface area contributed by atoms with Gasteiger partial charge >= 0.3 is 0 Å². The third-order valence-electron chi connectivity index (χ3n) is 3.72. The predicted octanol–water partition coefficient (Wildman–Crippen LogP) is 3.00. The number of anilines is 1. The van der Waals surface area contributed by atoms with Crippen molar-refractivity contribution in [3.05, 3.63) is 65.2 Å². The van der Waals surface area contributed by atoms with Crippen LogP contribution in [0.15, 0.2) is 53.5 Å². The Hall–Kier alpha value is -2.82. The summed E-state index contributed by atoms with van der Waals surface area (Å²) < 4.78 is 0. The monoisotopic (exact) mass is 338 g/mol. The minimum atomic E-state index is -0.108. The van der Waals surface area contributed by atoms with E-state index in [9.17, 15) is 4.79 Å². The van der Waals surface area contributed by atoms with Crippen LogP contribution in [0.1, 0.15) is 23.6 Å². The van der Waals surface area contributed by atoms with Gasteiger partial charge in [0.25, 0.3) is 0 Å². The van der Waals surface area contributed by atoms with E-state index in [1.807, 2.05) is 37.3 Å². The SMILES string of the molecule is CCNC(=NCc1ccc(C)cc1C)NCC(=O)Nc1ccccc1. The van der Waals surface area contributed by atoms with E-state index in [0.29, 0.717) is 12.5 Å². The Morgan fingerprint density at radius 3 is 2.48 bits per heavy atom. The van der Waals surface area contributed by atoms with Crippen molar-refractivity contribution in [2.75, 3.05) is 18.4 Å². The molecule has 0 aliphatic heterocycles. The highest BCUT2D eigenvalue weighted by molar-refractivity contribution is 5.94. The quantitative estimate of drug-likeness (QED) is 0.560. The number of benzene rings is 2. The number of carbonyl (C=O) groups is 1. The number of guanidine groups is 1. The van der Waals surface area contributed by atoms with Gasteiger partial charge in [0.15, 0.2) is 5.96 Å². The highest BCUT2D eigenvalue weighted by atomic mass is 16.1. The molecule has 132 valence electrons. The molecule has 0 heterocycles. The number of aryl methyl sites for hydroxylation is 2. The van der Waals surface area contributed by atoms with Crippen LogP contribution in [0.5, 0.6) is 0 Å². The van der Waals surface area contributed by atoms with Crippen LogP contribution >= 0.6 is 0 Å². The first-order chi connectivity index (χ1) is 12.1. The third kappa shape index (κ3) is 6.30. The molecule has 0 saturated carbocycles. The highest BCUT2D eigenvalue weighted by Crippen LogP contribution is 2.11. The van der Waals surface area contributed by atoms with Gasteiger partial charge in [-0.1, -0.05) is 42.0 Å². The van der Waals surface area contributed by atoms with Gasteiger partial charge in [-0.05, 0) is 44.0 Å². The summed E-state index contributed by atoms with van der Waals surface area (Å²) in [6.07, 6.45) is 0. The lowest BCUT2D eigenvalue weighted by molar-refractivity contribution is -0.115. The fourth-order valence-corrected chi connectivity index (χ4v) is 2.42. The molecule has 0 saturated heterocycles. The van der Waals surface area contributed by atoms with Gasteiger partial charge in [-0.15, -0.1) is 0 Å². The Morgan fingerprint density at radius 2 is 1.80 bits per heavy atom. The van der Waals surface area contributed by atoms with Gasteiger partial charge in [-0.25, -0.2) is 4.99 Å². The summed E-state index contributed by atoms with van der Waals surface area (Å²) in [4.78, 5) is 16.6. The van der Waals surface area contributed by atoms with Crippen molar-refractivity contribution in [2.24, 2.45) is 4.99 Å². The van der Waals surface area contributed by atoms with Gasteiger partial charge in [0, 0.05) is 12.2 Å². The first-order valence-electron chi connectivity index (χ1n) is 8.51. The topological polar surface area (TPSA) is 65.5 Å². The lowest BCUT2D eigenvalue weighted by Crippen LogP contribution is -2.41. The van der Waals surface area contributed by atoms with Gasteiger partial charge in [-0.3, -0.25) is 4.79 Å². The zero-order chi connectivity index (χ0) is 18.1. The van der Waals surface area contributed by atoms with Crippen LogP contribution in [0.3, 0.4) is 0 Å². The fraction of sp³-hybridized carbons (Fsp3) is 0.300. The summed E-state index contributed by atoms with van der Waals surface area (Å²) in [7, 11) is 0. The van der Waals surface area contributed by atoms with Crippen LogP contribution in [0.4, 0.5) is 5.69 Å². The third-order valence-corrected chi connectivity index (χ3v) is 3.72. The molecule has 1 amide bonds. The minimum Gasteiger partial charge on any atom is -0.357 e. The van der Waals surface area contributed by atoms with Crippen molar-refractivity contribution >= 4 is 17.6 Å². The van der Waals surface area contributed by atoms with E-state index in [1.165, 1.54) is 16.7 Å². The Morgan fingerprint density at radius 1 is 1.04 bits per heavy atom. The van der Waals surface area contributed by atoms with Crippen LogP contribution < -0.4 is 16.0 Å². The molecule has 3 N–H and O–H groups in total. The Balaban J connectivity index is 1.92. The number of hydrogen-bond donors (Lipinski definition) is 3. The molecule has 0 aliphatic rings. The number of nitrogens with zero attached hydrogens (tertiary/aromatic N) is 1. The van der Waals surface area contributed by atoms with Gasteiger partial charge in [-0.2, -0.15) is 0 Å². The smallest absolute Gasteiger partial charge is 0.243 e. The van der Waals surface area contributed by atoms with Crippen molar-refractivity contribution in [1.29, 1.82) is 0 Å². The zero-order valence-corrected chi connectivity index (χ0v) is 15.1. The number of hydrogen-bond acceptors (Lipinski definition) is 2. The highest BCUT2D eigenvalue weighted by Gasteiger charge is 2.05. The molecule has 0 radical (unpaired) electrons. The molecule has 25 heavy (non-hydrogen) atoms. The van der Waals surface area contributed by atoms with Crippen LogP contribution in [0.2, 0.25) is 0 Å². The van der Waals surface area contributed by atoms with Gasteiger partial charge in [0.2, 0.25) is 5.91 Å². The molecule has 0 aromatic heterocycles. The second-order valence-electron chi connectivity index (χ2n) is 5.89. The molecule has 2 aromatic carbocycles. The maximum absolute atomic E-state index is 12.0. The molecule has 5 heteroatoms. The molecule has 0 atom stereocenters. The molecule has 5 nitrogen and oxygen atoms in total. The van der Waals surface area contributed by atoms with E-state index >= 15 is 0 Å². The van der Waals surface area contributed by atoms with Gasteiger partial charge in [0.05, 0.1) is 13.1 Å². The summed E-state index contributed by atoms with van der Waals surface area (Å²) in [6.45, 7) is 7.63. The standard InChI is InChI=1S/C20H26N4O/c1-4-21-20(22-13-17-11-10-15(2)12-16(17)3)23-14-19(25)24-18-8-6-5-7-9-18/h5-12H,4,13-14H2,1-3H3,(H,24,25)(H2,21,22,23). The first kappa shape index (κ1) is 18.5. The first-order valence-corrected chi connectivity index (χ1v) is 8.51. The van der Waals surface area contributed by atoms with Crippen LogP contribution in [-0.2, 0) is 11.3 Å². The van der Waals surface area contributed by atoms with E-state index in [4.69, 9.17) is 0 Å². The minimum absolute atomic E-state index is 0.108. The second-order valence-corrected chi connectivity index (χ2v) is 5.89. The number of aliphatic imine (C=N–C) groups is 1. The number of para-hydroxylation sites is 1. The summed E-state index contributed by atoms with van der Waals surface area (Å²) in [5.41, 5.74) is 4.43. The van der Waals surface area contributed by atoms with E-state index in [0.717, 1.165) is 12.2 Å². The van der Waals surface area contributed by atoms with E-state index in [-0.39, 0.29) is 12.5 Å². The van der Waals surface area contributed by atoms with Crippen LogP contribution in [0.25, 0.3) is 0 Å². The normalized spacial score (nSPS) is 11.1. The number of carbonyl (C=O) groups excluding carboxylic acids is 1. The molecule has 0 spiro atoms. The average Bonchev–Trinajstić information content (AvgIpc) is 2.59. The Labute approximate surface area is 149 Å². The Kier molecular flexibility index (Phi) is 7.01. The van der Waals surface area contributed by atoms with Crippen LogP contribution in [0, 0.1) is 13.8 Å². The van der Waals surface area contributed by atoms with E-state index in [2.05, 4.69) is 53.0 Å². The largest absolute Gasteiger partial charge is 0.357 e. The van der Waals surface area contributed by atoms with Crippen molar-refractivity contribution in [3.63, 3.8) is 0 Å². The molecule has 2 aromatic rings. The lowest BCUT2D eigenvalue weighted by atomic mass is 10.1. The molecule has 2 rings (SSSR count).